The lowest BCUT2D eigenvalue weighted by Gasteiger charge is -2.26. The van der Waals surface area contributed by atoms with Crippen LogP contribution in [0, 0.1) is 0 Å². The fraction of sp³-hybridized carbons (Fsp3) is 0.120. The number of amides is 1. The average Bonchev–Trinajstić information content (AvgIpc) is 3.32. The van der Waals surface area contributed by atoms with Crippen LogP contribution in [0.15, 0.2) is 83.3 Å². The molecule has 0 aliphatic carbocycles. The van der Waals surface area contributed by atoms with Gasteiger partial charge in [0.15, 0.2) is 0 Å². The number of hydrogen-bond acceptors (Lipinski definition) is 2. The maximum absolute atomic E-state index is 13.4. The van der Waals surface area contributed by atoms with E-state index >= 15 is 0 Å². The molecule has 31 heavy (non-hydrogen) atoms. The minimum absolute atomic E-state index is 0.0244. The first kappa shape index (κ1) is 20.0. The molecule has 3 aromatic carbocycles. The fourth-order valence-electron chi connectivity index (χ4n) is 4.17. The van der Waals surface area contributed by atoms with Crippen molar-refractivity contribution in [1.29, 1.82) is 0 Å². The molecular formula is C25H19BrClN3O. The fourth-order valence-corrected chi connectivity index (χ4v) is 4.72. The number of halogens is 2. The minimum atomic E-state index is -0.215. The van der Waals surface area contributed by atoms with Gasteiger partial charge in [-0.05, 0) is 41.8 Å². The zero-order chi connectivity index (χ0) is 21.4. The Balaban J connectivity index is 1.58. The lowest BCUT2D eigenvalue weighted by atomic mass is 9.96. The number of nitrogens with one attached hydrogen (secondary N) is 1. The van der Waals surface area contributed by atoms with E-state index in [1.54, 1.807) is 0 Å². The molecule has 1 amide bonds. The van der Waals surface area contributed by atoms with Crippen molar-refractivity contribution in [2.75, 3.05) is 6.54 Å². The maximum atomic E-state index is 13.4. The second-order valence-electron chi connectivity index (χ2n) is 7.56. The van der Waals surface area contributed by atoms with Gasteiger partial charge < -0.3 is 4.90 Å². The first-order valence-corrected chi connectivity index (χ1v) is 11.2. The number of aromatic amines is 1. The highest BCUT2D eigenvalue weighted by Gasteiger charge is 2.41. The van der Waals surface area contributed by atoms with Crippen LogP contribution in [0.2, 0.25) is 5.02 Å². The van der Waals surface area contributed by atoms with Crippen LogP contribution in [-0.4, -0.2) is 27.5 Å². The Morgan fingerprint density at radius 1 is 1.00 bits per heavy atom. The third kappa shape index (κ3) is 3.80. The van der Waals surface area contributed by atoms with Gasteiger partial charge in [-0.2, -0.15) is 5.10 Å². The number of H-pyrrole nitrogens is 1. The summed E-state index contributed by atoms with van der Waals surface area (Å²) >= 11 is 9.66. The SMILES string of the molecule is O=C1c2[nH]nc(-c3ccc(Cl)cc3)c2C(c2cccc(Br)c2)N1CCc1ccccc1. The van der Waals surface area contributed by atoms with E-state index in [2.05, 4.69) is 50.4 Å². The van der Waals surface area contributed by atoms with Crippen LogP contribution in [0.4, 0.5) is 0 Å². The zero-order valence-corrected chi connectivity index (χ0v) is 18.9. The summed E-state index contributed by atoms with van der Waals surface area (Å²) in [6.07, 6.45) is 0.783. The molecule has 0 saturated carbocycles. The highest BCUT2D eigenvalue weighted by molar-refractivity contribution is 9.10. The number of aromatic nitrogens is 2. The molecule has 1 aliphatic heterocycles. The molecule has 1 unspecified atom stereocenters. The molecule has 0 radical (unpaired) electrons. The molecule has 1 atom stereocenters. The Morgan fingerprint density at radius 3 is 2.52 bits per heavy atom. The van der Waals surface area contributed by atoms with Gasteiger partial charge >= 0.3 is 0 Å². The van der Waals surface area contributed by atoms with Crippen molar-refractivity contribution in [2.45, 2.75) is 12.5 Å². The summed E-state index contributed by atoms with van der Waals surface area (Å²) in [6, 6.07) is 25.7. The van der Waals surface area contributed by atoms with E-state index < -0.39 is 0 Å². The minimum Gasteiger partial charge on any atom is -0.326 e. The summed E-state index contributed by atoms with van der Waals surface area (Å²) in [5, 5.41) is 8.18. The Kier molecular flexibility index (Phi) is 5.38. The molecular weight excluding hydrogens is 474 g/mol. The van der Waals surface area contributed by atoms with Crippen molar-refractivity contribution in [1.82, 2.24) is 15.1 Å². The normalized spacial score (nSPS) is 15.4. The van der Waals surface area contributed by atoms with Crippen molar-refractivity contribution in [2.24, 2.45) is 0 Å². The van der Waals surface area contributed by atoms with Crippen LogP contribution in [0.5, 0.6) is 0 Å². The number of rotatable bonds is 5. The van der Waals surface area contributed by atoms with Crippen LogP contribution in [-0.2, 0) is 6.42 Å². The van der Waals surface area contributed by atoms with E-state index in [0.717, 1.165) is 33.3 Å². The lowest BCUT2D eigenvalue weighted by molar-refractivity contribution is 0.0746. The van der Waals surface area contributed by atoms with Gasteiger partial charge in [-0.3, -0.25) is 9.89 Å². The van der Waals surface area contributed by atoms with Crippen LogP contribution >= 0.6 is 27.5 Å². The van der Waals surface area contributed by atoms with Crippen LogP contribution in [0.1, 0.15) is 33.2 Å². The topological polar surface area (TPSA) is 49.0 Å². The van der Waals surface area contributed by atoms with Gasteiger partial charge in [0.25, 0.3) is 5.91 Å². The molecule has 5 rings (SSSR count). The van der Waals surface area contributed by atoms with Gasteiger partial charge in [-0.1, -0.05) is 82.1 Å². The van der Waals surface area contributed by atoms with Crippen LogP contribution in [0.3, 0.4) is 0 Å². The zero-order valence-electron chi connectivity index (χ0n) is 16.6. The summed E-state index contributed by atoms with van der Waals surface area (Å²) in [5.74, 6) is -0.0244. The number of carbonyl (C=O) groups is 1. The molecule has 1 aliphatic rings. The Labute approximate surface area is 194 Å². The predicted octanol–water partition coefficient (Wildman–Crippen LogP) is 6.28. The quantitative estimate of drug-likeness (QED) is 0.356. The van der Waals surface area contributed by atoms with Gasteiger partial charge in [-0.25, -0.2) is 0 Å². The number of nitrogens with zero attached hydrogens (tertiary/aromatic N) is 2. The van der Waals surface area contributed by atoms with Crippen LogP contribution < -0.4 is 0 Å². The summed E-state index contributed by atoms with van der Waals surface area (Å²) in [4.78, 5) is 15.3. The number of carbonyl (C=O) groups excluding carboxylic acids is 1. The summed E-state index contributed by atoms with van der Waals surface area (Å²) < 4.78 is 0.977. The van der Waals surface area contributed by atoms with E-state index in [0.29, 0.717) is 17.3 Å². The van der Waals surface area contributed by atoms with Crippen molar-refractivity contribution in [3.05, 3.63) is 111 Å². The largest absolute Gasteiger partial charge is 0.326 e. The smallest absolute Gasteiger partial charge is 0.273 e. The van der Waals surface area contributed by atoms with E-state index in [4.69, 9.17) is 11.6 Å². The van der Waals surface area contributed by atoms with E-state index in [1.807, 2.05) is 59.5 Å². The number of hydrogen-bond donors (Lipinski definition) is 1. The molecule has 2 heterocycles. The van der Waals surface area contributed by atoms with Gasteiger partial charge in [-0.15, -0.1) is 0 Å². The second kappa shape index (κ2) is 8.33. The first-order chi connectivity index (χ1) is 15.1. The number of benzene rings is 3. The molecule has 4 aromatic rings. The Bertz CT molecular complexity index is 1240. The van der Waals surface area contributed by atoms with E-state index in [-0.39, 0.29) is 11.9 Å². The van der Waals surface area contributed by atoms with Crippen molar-refractivity contribution in [3.8, 4) is 11.3 Å². The standard InChI is InChI=1S/C25H19BrClN3O/c26-19-8-4-7-18(15-19)24-21-22(17-9-11-20(27)12-10-17)28-29-23(21)25(31)30(24)14-13-16-5-2-1-3-6-16/h1-12,15,24H,13-14H2,(H,28,29). The van der Waals surface area contributed by atoms with Crippen molar-refractivity contribution in [3.63, 3.8) is 0 Å². The Hall–Kier alpha value is -2.89. The highest BCUT2D eigenvalue weighted by Crippen LogP contribution is 2.43. The molecule has 154 valence electrons. The van der Waals surface area contributed by atoms with Gasteiger partial charge in [0.05, 0.1) is 11.7 Å². The number of fused-ring (bicyclic) bond motifs is 1. The third-order valence-corrected chi connectivity index (χ3v) is 6.38. The Morgan fingerprint density at radius 2 is 1.77 bits per heavy atom. The highest BCUT2D eigenvalue weighted by atomic mass is 79.9. The molecule has 0 fully saturated rings. The monoisotopic (exact) mass is 491 g/mol. The molecule has 1 aromatic heterocycles. The van der Waals surface area contributed by atoms with Crippen molar-refractivity contribution >= 4 is 33.4 Å². The second-order valence-corrected chi connectivity index (χ2v) is 8.91. The summed E-state index contributed by atoms with van der Waals surface area (Å²) in [5.41, 5.74) is 5.44. The molecule has 0 saturated heterocycles. The van der Waals surface area contributed by atoms with E-state index in [9.17, 15) is 4.79 Å². The molecule has 0 spiro atoms. The van der Waals surface area contributed by atoms with Gasteiger partial charge in [0.2, 0.25) is 0 Å². The van der Waals surface area contributed by atoms with Crippen LogP contribution in [0.25, 0.3) is 11.3 Å². The summed E-state index contributed by atoms with van der Waals surface area (Å²) in [7, 11) is 0. The van der Waals surface area contributed by atoms with Gasteiger partial charge in [0, 0.05) is 27.2 Å². The molecule has 0 bridgehead atoms. The lowest BCUT2D eigenvalue weighted by Crippen LogP contribution is -2.31. The average molecular weight is 493 g/mol. The van der Waals surface area contributed by atoms with Crippen molar-refractivity contribution < 1.29 is 4.79 Å². The molecule has 4 nitrogen and oxygen atoms in total. The molecule has 6 heteroatoms. The third-order valence-electron chi connectivity index (χ3n) is 5.63. The predicted molar refractivity (Wildman–Crippen MR) is 126 cm³/mol. The molecule has 1 N–H and O–H groups in total. The first-order valence-electron chi connectivity index (χ1n) is 10.1. The van der Waals surface area contributed by atoms with E-state index in [1.165, 1.54) is 5.56 Å². The summed E-state index contributed by atoms with van der Waals surface area (Å²) in [6.45, 7) is 0.614. The van der Waals surface area contributed by atoms with Gasteiger partial charge in [0.1, 0.15) is 5.69 Å². The maximum Gasteiger partial charge on any atom is 0.273 e.